The van der Waals surface area contributed by atoms with Crippen LogP contribution < -0.4 is 10.9 Å². The Hall–Kier alpha value is -2.59. The summed E-state index contributed by atoms with van der Waals surface area (Å²) in [6.07, 6.45) is 0. The van der Waals surface area contributed by atoms with Crippen LogP contribution in [0.1, 0.15) is 21.5 Å². The van der Waals surface area contributed by atoms with E-state index in [1.54, 1.807) is 24.3 Å². The summed E-state index contributed by atoms with van der Waals surface area (Å²) in [5.74, 6) is -0.377. The second-order valence-corrected chi connectivity index (χ2v) is 5.83. The third-order valence-electron chi connectivity index (χ3n) is 3.69. The lowest BCUT2D eigenvalue weighted by molar-refractivity contribution is 0.102. The molecule has 3 rings (SSSR count). The standard InChI is InChI=1S/C18H15ClN2O2/c1-10-4-3-5-11(2)16(10)21-18(22)14-9-12-8-13(19)6-7-15(12)23-17(14)20/h3-9,20H,1-2H3,(H,21,22). The first-order valence-corrected chi connectivity index (χ1v) is 7.49. The maximum absolute atomic E-state index is 12.5. The second kappa shape index (κ2) is 5.89. The minimum Gasteiger partial charge on any atom is -0.438 e. The average molecular weight is 327 g/mol. The van der Waals surface area contributed by atoms with Crippen molar-refractivity contribution in [1.82, 2.24) is 0 Å². The highest BCUT2D eigenvalue weighted by atomic mass is 35.5. The van der Waals surface area contributed by atoms with Crippen molar-refractivity contribution < 1.29 is 9.21 Å². The van der Waals surface area contributed by atoms with Gasteiger partial charge in [0.05, 0.1) is 0 Å². The zero-order chi connectivity index (χ0) is 16.6. The van der Waals surface area contributed by atoms with E-state index >= 15 is 0 Å². The van der Waals surface area contributed by atoms with Gasteiger partial charge in [-0.3, -0.25) is 10.2 Å². The van der Waals surface area contributed by atoms with E-state index in [2.05, 4.69) is 5.32 Å². The summed E-state index contributed by atoms with van der Waals surface area (Å²) in [5.41, 5.74) is 3.19. The van der Waals surface area contributed by atoms with Crippen molar-refractivity contribution in [3.63, 3.8) is 0 Å². The lowest BCUT2D eigenvalue weighted by atomic mass is 10.1. The number of carbonyl (C=O) groups is 1. The Morgan fingerprint density at radius 1 is 1.13 bits per heavy atom. The van der Waals surface area contributed by atoms with Crippen LogP contribution in [-0.4, -0.2) is 5.91 Å². The molecule has 0 saturated carbocycles. The summed E-state index contributed by atoms with van der Waals surface area (Å²) >= 11 is 5.97. The normalized spacial score (nSPS) is 10.7. The molecular formula is C18H15ClN2O2. The molecule has 1 aromatic heterocycles. The molecule has 1 heterocycles. The molecule has 0 spiro atoms. The van der Waals surface area contributed by atoms with E-state index in [1.807, 2.05) is 32.0 Å². The van der Waals surface area contributed by atoms with Gasteiger partial charge in [0.15, 0.2) is 0 Å². The van der Waals surface area contributed by atoms with Crippen molar-refractivity contribution in [2.75, 3.05) is 5.32 Å². The van der Waals surface area contributed by atoms with Crippen LogP contribution >= 0.6 is 11.6 Å². The summed E-state index contributed by atoms with van der Waals surface area (Å²) in [4.78, 5) is 12.5. The Labute approximate surface area is 138 Å². The number of nitrogens with one attached hydrogen (secondary N) is 2. The summed E-state index contributed by atoms with van der Waals surface area (Å²) in [6, 6.07) is 12.5. The fraction of sp³-hybridized carbons (Fsp3) is 0.111. The first kappa shape index (κ1) is 15.3. The highest BCUT2D eigenvalue weighted by Gasteiger charge is 2.14. The number of fused-ring (bicyclic) bond motifs is 1. The third kappa shape index (κ3) is 2.98. The van der Waals surface area contributed by atoms with Crippen molar-refractivity contribution >= 4 is 34.2 Å². The number of para-hydroxylation sites is 1. The minimum atomic E-state index is -0.377. The SMILES string of the molecule is Cc1cccc(C)c1NC(=O)c1cc2cc(Cl)ccc2oc1=N. The number of anilines is 1. The molecule has 5 heteroatoms. The van der Waals surface area contributed by atoms with E-state index in [9.17, 15) is 4.79 Å². The molecule has 0 aliphatic heterocycles. The smallest absolute Gasteiger partial charge is 0.261 e. The minimum absolute atomic E-state index is 0.169. The highest BCUT2D eigenvalue weighted by molar-refractivity contribution is 6.31. The lowest BCUT2D eigenvalue weighted by Crippen LogP contribution is -2.21. The van der Waals surface area contributed by atoms with E-state index in [0.29, 0.717) is 16.0 Å². The molecule has 0 unspecified atom stereocenters. The maximum atomic E-state index is 12.5. The first-order valence-electron chi connectivity index (χ1n) is 7.11. The number of hydrogen-bond donors (Lipinski definition) is 2. The van der Waals surface area contributed by atoms with Gasteiger partial charge in [-0.15, -0.1) is 0 Å². The molecule has 4 nitrogen and oxygen atoms in total. The number of hydrogen-bond acceptors (Lipinski definition) is 3. The van der Waals surface area contributed by atoms with Crippen molar-refractivity contribution in [1.29, 1.82) is 5.41 Å². The van der Waals surface area contributed by atoms with Crippen molar-refractivity contribution in [3.05, 3.63) is 69.7 Å². The molecule has 0 bridgehead atoms. The molecule has 0 atom stereocenters. The van der Waals surface area contributed by atoms with E-state index in [1.165, 1.54) is 0 Å². The van der Waals surface area contributed by atoms with Crippen molar-refractivity contribution in [3.8, 4) is 0 Å². The lowest BCUT2D eigenvalue weighted by Gasteiger charge is -2.11. The molecule has 23 heavy (non-hydrogen) atoms. The van der Waals surface area contributed by atoms with Gasteiger partial charge in [-0.25, -0.2) is 0 Å². The number of aryl methyl sites for hydroxylation is 2. The molecule has 0 fully saturated rings. The van der Waals surface area contributed by atoms with Gasteiger partial charge in [0.2, 0.25) is 5.55 Å². The van der Waals surface area contributed by atoms with Crippen LogP contribution in [0.3, 0.4) is 0 Å². The Balaban J connectivity index is 2.04. The number of carbonyl (C=O) groups excluding carboxylic acids is 1. The van der Waals surface area contributed by atoms with Gasteiger partial charge in [0, 0.05) is 16.1 Å². The molecule has 3 aromatic rings. The fourth-order valence-corrected chi connectivity index (χ4v) is 2.65. The first-order chi connectivity index (χ1) is 11.0. The fourth-order valence-electron chi connectivity index (χ4n) is 2.47. The van der Waals surface area contributed by atoms with Crippen LogP contribution in [0.15, 0.2) is 46.9 Å². The van der Waals surface area contributed by atoms with Gasteiger partial charge in [0.25, 0.3) is 5.91 Å². The molecule has 2 aromatic carbocycles. The summed E-state index contributed by atoms with van der Waals surface area (Å²) in [6.45, 7) is 3.85. The topological polar surface area (TPSA) is 66.1 Å². The second-order valence-electron chi connectivity index (χ2n) is 5.39. The van der Waals surface area contributed by atoms with E-state index in [4.69, 9.17) is 21.4 Å². The van der Waals surface area contributed by atoms with Gasteiger partial charge in [-0.2, -0.15) is 0 Å². The quantitative estimate of drug-likeness (QED) is 0.731. The van der Waals surface area contributed by atoms with Gasteiger partial charge in [-0.05, 0) is 49.2 Å². The molecule has 0 aliphatic rings. The molecule has 0 saturated heterocycles. The molecule has 2 N–H and O–H groups in total. The number of benzene rings is 2. The third-order valence-corrected chi connectivity index (χ3v) is 3.93. The molecule has 0 radical (unpaired) electrons. The zero-order valence-corrected chi connectivity index (χ0v) is 13.5. The van der Waals surface area contributed by atoms with Crippen LogP contribution in [0.25, 0.3) is 11.0 Å². The van der Waals surface area contributed by atoms with Gasteiger partial charge in [-0.1, -0.05) is 29.8 Å². The number of halogens is 1. The molecule has 116 valence electrons. The Morgan fingerprint density at radius 2 is 1.83 bits per heavy atom. The van der Waals surface area contributed by atoms with E-state index in [0.717, 1.165) is 16.8 Å². The summed E-state index contributed by atoms with van der Waals surface area (Å²) < 4.78 is 5.41. The Bertz CT molecular complexity index is 956. The zero-order valence-electron chi connectivity index (χ0n) is 12.7. The van der Waals surface area contributed by atoms with Crippen molar-refractivity contribution in [2.24, 2.45) is 0 Å². The average Bonchev–Trinajstić information content (AvgIpc) is 2.50. The largest absolute Gasteiger partial charge is 0.438 e. The van der Waals surface area contributed by atoms with Crippen LogP contribution in [0.4, 0.5) is 5.69 Å². The van der Waals surface area contributed by atoms with Crippen LogP contribution in [-0.2, 0) is 0 Å². The van der Waals surface area contributed by atoms with Crippen LogP contribution in [0, 0.1) is 19.3 Å². The molecule has 0 aliphatic carbocycles. The molecule has 1 amide bonds. The molecular weight excluding hydrogens is 312 g/mol. The van der Waals surface area contributed by atoms with E-state index in [-0.39, 0.29) is 17.0 Å². The van der Waals surface area contributed by atoms with Crippen LogP contribution in [0.5, 0.6) is 0 Å². The van der Waals surface area contributed by atoms with E-state index < -0.39 is 0 Å². The Morgan fingerprint density at radius 3 is 2.52 bits per heavy atom. The maximum Gasteiger partial charge on any atom is 0.261 e. The van der Waals surface area contributed by atoms with Gasteiger partial charge < -0.3 is 9.73 Å². The predicted octanol–water partition coefficient (Wildman–Crippen LogP) is 4.43. The Kier molecular flexibility index (Phi) is 3.92. The number of rotatable bonds is 2. The highest BCUT2D eigenvalue weighted by Crippen LogP contribution is 2.22. The monoisotopic (exact) mass is 326 g/mol. The van der Waals surface area contributed by atoms with Gasteiger partial charge in [0.1, 0.15) is 11.1 Å². The van der Waals surface area contributed by atoms with Crippen molar-refractivity contribution in [2.45, 2.75) is 13.8 Å². The number of amides is 1. The van der Waals surface area contributed by atoms with Crippen LogP contribution in [0.2, 0.25) is 5.02 Å². The summed E-state index contributed by atoms with van der Waals surface area (Å²) in [5, 5.41) is 12.0. The predicted molar refractivity (Wildman–Crippen MR) is 90.9 cm³/mol. The summed E-state index contributed by atoms with van der Waals surface area (Å²) in [7, 11) is 0. The van der Waals surface area contributed by atoms with Gasteiger partial charge >= 0.3 is 0 Å².